The fourth-order valence-electron chi connectivity index (χ4n) is 2.77. The lowest BCUT2D eigenvalue weighted by Crippen LogP contribution is -2.46. The molecular weight excluding hydrogens is 301 g/mol. The number of aromatic hydroxyl groups is 1. The van der Waals surface area contributed by atoms with E-state index in [1.54, 1.807) is 4.90 Å². The van der Waals surface area contributed by atoms with Crippen LogP contribution in [0.5, 0.6) is 5.75 Å². The average molecular weight is 317 g/mol. The molecule has 2 aromatic carbocycles. The molecule has 1 saturated heterocycles. The first-order chi connectivity index (χ1) is 11.1. The van der Waals surface area contributed by atoms with Crippen molar-refractivity contribution < 1.29 is 14.4 Å². The van der Waals surface area contributed by atoms with Crippen LogP contribution in [0.3, 0.4) is 0 Å². The molecule has 6 nitrogen and oxygen atoms in total. The molecule has 2 aromatic rings. The highest BCUT2D eigenvalue weighted by Gasteiger charge is 2.24. The quantitative estimate of drug-likeness (QED) is 0.696. The number of piperazine rings is 1. The summed E-state index contributed by atoms with van der Waals surface area (Å²) in [6.07, 6.45) is 0. The molecule has 7 heteroatoms. The van der Waals surface area contributed by atoms with E-state index in [4.69, 9.17) is 0 Å². The Morgan fingerprint density at radius 1 is 1.04 bits per heavy atom. The molecule has 0 amide bonds. The molecule has 1 aliphatic rings. The second-order valence-electron chi connectivity index (χ2n) is 5.36. The van der Waals surface area contributed by atoms with Crippen molar-refractivity contribution in [1.29, 1.82) is 0 Å². The number of benzene rings is 2. The Morgan fingerprint density at radius 2 is 1.65 bits per heavy atom. The second kappa shape index (κ2) is 6.12. The van der Waals surface area contributed by atoms with Gasteiger partial charge in [-0.15, -0.1) is 0 Å². The molecule has 0 atom stereocenters. The molecule has 0 saturated carbocycles. The predicted molar refractivity (Wildman–Crippen MR) is 85.6 cm³/mol. The number of anilines is 2. The van der Waals surface area contributed by atoms with Gasteiger partial charge in [0.25, 0.3) is 0 Å². The number of rotatable bonds is 3. The first-order valence-corrected chi connectivity index (χ1v) is 7.28. The zero-order valence-electron chi connectivity index (χ0n) is 12.4. The van der Waals surface area contributed by atoms with E-state index < -0.39 is 22.2 Å². The Bertz CT molecular complexity index is 716. The molecule has 0 aromatic heterocycles. The van der Waals surface area contributed by atoms with Crippen molar-refractivity contribution >= 4 is 17.1 Å². The van der Waals surface area contributed by atoms with Gasteiger partial charge in [-0.05, 0) is 12.1 Å². The van der Waals surface area contributed by atoms with E-state index in [9.17, 15) is 19.6 Å². The van der Waals surface area contributed by atoms with E-state index in [-0.39, 0.29) is 5.69 Å². The summed E-state index contributed by atoms with van der Waals surface area (Å²) in [4.78, 5) is 13.9. The van der Waals surface area contributed by atoms with Crippen LogP contribution in [0, 0.1) is 15.9 Å². The number of nitro groups is 1. The first kappa shape index (κ1) is 15.1. The monoisotopic (exact) mass is 317 g/mol. The molecule has 0 spiro atoms. The lowest BCUT2D eigenvalue weighted by Gasteiger charge is -2.37. The molecule has 1 fully saturated rings. The van der Waals surface area contributed by atoms with Gasteiger partial charge in [0.2, 0.25) is 0 Å². The second-order valence-corrected chi connectivity index (χ2v) is 5.36. The molecule has 3 rings (SSSR count). The first-order valence-electron chi connectivity index (χ1n) is 7.28. The molecule has 1 aliphatic heterocycles. The highest BCUT2D eigenvalue weighted by molar-refractivity contribution is 5.60. The van der Waals surface area contributed by atoms with E-state index in [0.29, 0.717) is 26.2 Å². The molecule has 0 unspecified atom stereocenters. The van der Waals surface area contributed by atoms with Gasteiger partial charge in [-0.3, -0.25) is 10.1 Å². The maximum Gasteiger partial charge on any atom is 0.313 e. The summed E-state index contributed by atoms with van der Waals surface area (Å²) in [6.45, 7) is 2.56. The van der Waals surface area contributed by atoms with Crippen molar-refractivity contribution in [3.05, 3.63) is 58.4 Å². The van der Waals surface area contributed by atoms with Gasteiger partial charge in [0.05, 0.1) is 16.7 Å². The van der Waals surface area contributed by atoms with Crippen LogP contribution in [0.25, 0.3) is 0 Å². The minimum absolute atomic E-state index is 0.195. The number of phenolic OH excluding ortho intramolecular Hbond substituents is 1. The van der Waals surface area contributed by atoms with Crippen molar-refractivity contribution in [2.24, 2.45) is 0 Å². The maximum absolute atomic E-state index is 14.1. The SMILES string of the molecule is O=[N+]([O-])c1cc(F)c(N2CCN(c3ccccc3)CC2)cc1O. The molecular formula is C16H16FN3O3. The lowest BCUT2D eigenvalue weighted by molar-refractivity contribution is -0.386. The third kappa shape index (κ3) is 3.03. The number of hydrogen-bond acceptors (Lipinski definition) is 5. The number of nitro benzene ring substituents is 1. The van der Waals surface area contributed by atoms with Crippen LogP contribution in [0.15, 0.2) is 42.5 Å². The van der Waals surface area contributed by atoms with Crippen molar-refractivity contribution in [3.8, 4) is 5.75 Å². The Kier molecular flexibility index (Phi) is 4.01. The van der Waals surface area contributed by atoms with E-state index in [1.165, 1.54) is 0 Å². The van der Waals surface area contributed by atoms with Gasteiger partial charge in [-0.25, -0.2) is 4.39 Å². The van der Waals surface area contributed by atoms with Crippen LogP contribution in [0.2, 0.25) is 0 Å². The Hall–Kier alpha value is -2.83. The number of nitrogens with zero attached hydrogens (tertiary/aromatic N) is 3. The molecule has 0 bridgehead atoms. The number of halogens is 1. The van der Waals surface area contributed by atoms with Crippen molar-refractivity contribution in [1.82, 2.24) is 0 Å². The predicted octanol–water partition coefficient (Wildman–Crippen LogP) is 2.77. The Labute approximate surface area is 132 Å². The lowest BCUT2D eigenvalue weighted by atomic mass is 10.2. The van der Waals surface area contributed by atoms with Crippen LogP contribution >= 0.6 is 0 Å². The normalized spacial score (nSPS) is 14.8. The highest BCUT2D eigenvalue weighted by atomic mass is 19.1. The third-order valence-corrected chi connectivity index (χ3v) is 3.98. The van der Waals surface area contributed by atoms with Gasteiger partial charge < -0.3 is 14.9 Å². The number of phenols is 1. The topological polar surface area (TPSA) is 69.9 Å². The van der Waals surface area contributed by atoms with E-state index in [2.05, 4.69) is 4.90 Å². The van der Waals surface area contributed by atoms with Crippen LogP contribution in [0.1, 0.15) is 0 Å². The molecule has 23 heavy (non-hydrogen) atoms. The van der Waals surface area contributed by atoms with Crippen LogP contribution in [0.4, 0.5) is 21.5 Å². The summed E-state index contributed by atoms with van der Waals surface area (Å²) in [7, 11) is 0. The van der Waals surface area contributed by atoms with Gasteiger partial charge in [0.1, 0.15) is 0 Å². The smallest absolute Gasteiger partial charge is 0.313 e. The average Bonchev–Trinajstić information content (AvgIpc) is 2.57. The zero-order valence-corrected chi connectivity index (χ0v) is 12.4. The van der Waals surface area contributed by atoms with Crippen LogP contribution < -0.4 is 9.80 Å². The van der Waals surface area contributed by atoms with E-state index in [1.807, 2.05) is 30.3 Å². The summed E-state index contributed by atoms with van der Waals surface area (Å²) < 4.78 is 14.1. The Morgan fingerprint density at radius 3 is 2.26 bits per heavy atom. The van der Waals surface area contributed by atoms with Crippen LogP contribution in [-0.4, -0.2) is 36.2 Å². The van der Waals surface area contributed by atoms with Crippen molar-refractivity contribution in [2.45, 2.75) is 0 Å². The summed E-state index contributed by atoms with van der Waals surface area (Å²) in [6, 6.07) is 11.8. The summed E-state index contributed by atoms with van der Waals surface area (Å²) in [5, 5.41) is 20.4. The Balaban J connectivity index is 1.75. The minimum Gasteiger partial charge on any atom is -0.502 e. The largest absolute Gasteiger partial charge is 0.502 e. The maximum atomic E-state index is 14.1. The van der Waals surface area contributed by atoms with Crippen LogP contribution in [-0.2, 0) is 0 Å². The standard InChI is InChI=1S/C16H16FN3O3/c17-13-10-15(20(22)23)16(21)11-14(13)19-8-6-18(7-9-19)12-4-2-1-3-5-12/h1-5,10-11,21H,6-9H2. The molecule has 0 aliphatic carbocycles. The van der Waals surface area contributed by atoms with E-state index in [0.717, 1.165) is 17.8 Å². The molecule has 120 valence electrons. The van der Waals surface area contributed by atoms with E-state index >= 15 is 0 Å². The summed E-state index contributed by atoms with van der Waals surface area (Å²) in [5.74, 6) is -1.21. The fourth-order valence-corrected chi connectivity index (χ4v) is 2.77. The highest BCUT2D eigenvalue weighted by Crippen LogP contribution is 2.33. The zero-order chi connectivity index (χ0) is 16.4. The number of para-hydroxylation sites is 1. The molecule has 1 N–H and O–H groups in total. The fraction of sp³-hybridized carbons (Fsp3) is 0.250. The van der Waals surface area contributed by atoms with Crippen molar-refractivity contribution in [3.63, 3.8) is 0 Å². The number of hydrogen-bond donors (Lipinski definition) is 1. The van der Waals surface area contributed by atoms with Gasteiger partial charge in [0.15, 0.2) is 11.6 Å². The molecule has 0 radical (unpaired) electrons. The van der Waals surface area contributed by atoms with Gasteiger partial charge in [0, 0.05) is 37.9 Å². The minimum atomic E-state index is -0.796. The summed E-state index contributed by atoms with van der Waals surface area (Å²) in [5.41, 5.74) is 0.689. The summed E-state index contributed by atoms with van der Waals surface area (Å²) >= 11 is 0. The third-order valence-electron chi connectivity index (χ3n) is 3.98. The van der Waals surface area contributed by atoms with Gasteiger partial charge in [-0.2, -0.15) is 0 Å². The van der Waals surface area contributed by atoms with Gasteiger partial charge in [-0.1, -0.05) is 18.2 Å². The van der Waals surface area contributed by atoms with Crippen molar-refractivity contribution in [2.75, 3.05) is 36.0 Å². The molecule has 1 heterocycles. The van der Waals surface area contributed by atoms with Gasteiger partial charge >= 0.3 is 5.69 Å².